The summed E-state index contributed by atoms with van der Waals surface area (Å²) in [5.74, 6) is 0. The first-order valence-electron chi connectivity index (χ1n) is 5.29. The first-order valence-corrected chi connectivity index (χ1v) is 5.67. The van der Waals surface area contributed by atoms with E-state index >= 15 is 0 Å². The topological polar surface area (TPSA) is 20.3 Å². The number of benzene rings is 1. The largest absolute Gasteiger partial charge is 0.373 e. The van der Waals surface area contributed by atoms with Gasteiger partial charge in [-0.3, -0.25) is 4.79 Å². The van der Waals surface area contributed by atoms with Crippen LogP contribution in [0.25, 0.3) is 0 Å². The molecule has 0 heterocycles. The van der Waals surface area contributed by atoms with Crippen molar-refractivity contribution in [3.63, 3.8) is 0 Å². The molecule has 1 rings (SSSR count). The highest BCUT2D eigenvalue weighted by Crippen LogP contribution is 2.25. The van der Waals surface area contributed by atoms with Crippen molar-refractivity contribution in [1.29, 1.82) is 0 Å². The predicted molar refractivity (Wildman–Crippen MR) is 69.6 cm³/mol. The van der Waals surface area contributed by atoms with Crippen LogP contribution in [0.1, 0.15) is 31.1 Å². The summed E-state index contributed by atoms with van der Waals surface area (Å²) in [6.07, 6.45) is 0.848. The molecule has 1 aromatic rings. The summed E-state index contributed by atoms with van der Waals surface area (Å²) in [4.78, 5) is 13.0. The Hall–Kier alpha value is -1.02. The molecule has 0 N–H and O–H groups in total. The summed E-state index contributed by atoms with van der Waals surface area (Å²) in [6.45, 7) is 7.38. The summed E-state index contributed by atoms with van der Waals surface area (Å²) in [5, 5.41) is 0.593. The lowest BCUT2D eigenvalue weighted by Crippen LogP contribution is -2.29. The van der Waals surface area contributed by atoms with Crippen molar-refractivity contribution in [3.05, 3.63) is 28.8 Å². The highest BCUT2D eigenvalue weighted by molar-refractivity contribution is 6.31. The number of nitrogens with zero attached hydrogens (tertiary/aromatic N) is 1. The molecule has 0 bridgehead atoms. The molecule has 3 heteroatoms. The van der Waals surface area contributed by atoms with Crippen molar-refractivity contribution in [2.75, 3.05) is 18.5 Å². The third-order valence-electron chi connectivity index (χ3n) is 2.24. The van der Waals surface area contributed by atoms with Gasteiger partial charge in [-0.25, -0.2) is 0 Å². The van der Waals surface area contributed by atoms with E-state index in [2.05, 4.69) is 25.7 Å². The third kappa shape index (κ3) is 3.53. The van der Waals surface area contributed by atoms with Gasteiger partial charge >= 0.3 is 0 Å². The first kappa shape index (κ1) is 13.0. The number of aldehydes is 1. The lowest BCUT2D eigenvalue weighted by molar-refractivity contribution is 0.112. The molecule has 16 heavy (non-hydrogen) atoms. The number of hydrogen-bond donors (Lipinski definition) is 0. The minimum Gasteiger partial charge on any atom is -0.373 e. The Kier molecular flexibility index (Phi) is 3.98. The van der Waals surface area contributed by atoms with Crippen LogP contribution in [0.15, 0.2) is 18.2 Å². The van der Waals surface area contributed by atoms with Crippen LogP contribution < -0.4 is 4.90 Å². The normalized spacial score (nSPS) is 11.3. The molecule has 0 saturated heterocycles. The van der Waals surface area contributed by atoms with Crippen molar-refractivity contribution < 1.29 is 4.79 Å². The lowest BCUT2D eigenvalue weighted by atomic mass is 9.96. The standard InChI is InChI=1S/C13H18ClNO/c1-13(2,3)9-15(4)12-6-5-11(14)7-10(12)8-16/h5-8H,9H2,1-4H3. The van der Waals surface area contributed by atoms with E-state index in [9.17, 15) is 4.79 Å². The number of carbonyl (C=O) groups is 1. The smallest absolute Gasteiger partial charge is 0.152 e. The van der Waals surface area contributed by atoms with Crippen LogP contribution in [0.5, 0.6) is 0 Å². The van der Waals surface area contributed by atoms with Gasteiger partial charge in [-0.05, 0) is 23.6 Å². The zero-order chi connectivity index (χ0) is 12.3. The van der Waals surface area contributed by atoms with Gasteiger partial charge in [-0.2, -0.15) is 0 Å². The SMILES string of the molecule is CN(CC(C)(C)C)c1ccc(Cl)cc1C=O. The number of anilines is 1. The van der Waals surface area contributed by atoms with Crippen molar-refractivity contribution >= 4 is 23.6 Å². The maximum absolute atomic E-state index is 11.0. The molecule has 0 spiro atoms. The van der Waals surface area contributed by atoms with Crippen molar-refractivity contribution in [3.8, 4) is 0 Å². The molecule has 0 fully saturated rings. The van der Waals surface area contributed by atoms with E-state index in [1.807, 2.05) is 19.2 Å². The molecule has 1 aromatic carbocycles. The maximum atomic E-state index is 11.0. The Balaban J connectivity index is 2.99. The van der Waals surface area contributed by atoms with Crippen LogP contribution >= 0.6 is 11.6 Å². The first-order chi connectivity index (χ1) is 7.33. The lowest BCUT2D eigenvalue weighted by Gasteiger charge is -2.29. The third-order valence-corrected chi connectivity index (χ3v) is 2.47. The Morgan fingerprint density at radius 1 is 1.38 bits per heavy atom. The van der Waals surface area contributed by atoms with Crippen LogP contribution in [-0.2, 0) is 0 Å². The van der Waals surface area contributed by atoms with E-state index in [-0.39, 0.29) is 5.41 Å². The fraction of sp³-hybridized carbons (Fsp3) is 0.462. The van der Waals surface area contributed by atoms with Crippen molar-refractivity contribution in [2.45, 2.75) is 20.8 Å². The zero-order valence-electron chi connectivity index (χ0n) is 10.2. The molecule has 0 aliphatic rings. The molecule has 88 valence electrons. The predicted octanol–water partition coefficient (Wildman–Crippen LogP) is 3.63. The highest BCUT2D eigenvalue weighted by atomic mass is 35.5. The minimum absolute atomic E-state index is 0.189. The average Bonchev–Trinajstić information content (AvgIpc) is 2.14. The van der Waals surface area contributed by atoms with Gasteiger partial charge < -0.3 is 4.90 Å². The maximum Gasteiger partial charge on any atom is 0.152 e. The van der Waals surface area contributed by atoms with Crippen LogP contribution in [0.2, 0.25) is 5.02 Å². The molecule has 0 aliphatic heterocycles. The molecule has 0 atom stereocenters. The van der Waals surface area contributed by atoms with Crippen LogP contribution in [0.3, 0.4) is 0 Å². The van der Waals surface area contributed by atoms with Gasteiger partial charge in [-0.1, -0.05) is 32.4 Å². The van der Waals surface area contributed by atoms with Gasteiger partial charge in [-0.15, -0.1) is 0 Å². The summed E-state index contributed by atoms with van der Waals surface area (Å²) in [7, 11) is 1.99. The molecule has 0 aromatic heterocycles. The van der Waals surface area contributed by atoms with Crippen LogP contribution in [0.4, 0.5) is 5.69 Å². The van der Waals surface area contributed by atoms with Crippen molar-refractivity contribution in [2.24, 2.45) is 5.41 Å². The summed E-state index contributed by atoms with van der Waals surface area (Å²) in [5.41, 5.74) is 1.75. The molecule has 0 aliphatic carbocycles. The molecular weight excluding hydrogens is 222 g/mol. The highest BCUT2D eigenvalue weighted by Gasteiger charge is 2.16. The van der Waals surface area contributed by atoms with E-state index in [4.69, 9.17) is 11.6 Å². The summed E-state index contributed by atoms with van der Waals surface area (Å²) >= 11 is 5.86. The van der Waals surface area contributed by atoms with E-state index in [1.54, 1.807) is 6.07 Å². The van der Waals surface area contributed by atoms with Gasteiger partial charge in [0.15, 0.2) is 6.29 Å². The quantitative estimate of drug-likeness (QED) is 0.751. The van der Waals surface area contributed by atoms with Crippen molar-refractivity contribution in [1.82, 2.24) is 0 Å². The number of rotatable bonds is 3. The fourth-order valence-electron chi connectivity index (χ4n) is 1.76. The second kappa shape index (κ2) is 4.88. The Morgan fingerprint density at radius 3 is 2.50 bits per heavy atom. The molecule has 2 nitrogen and oxygen atoms in total. The monoisotopic (exact) mass is 239 g/mol. The van der Waals surface area contributed by atoms with Gasteiger partial charge in [0.2, 0.25) is 0 Å². The van der Waals surface area contributed by atoms with Gasteiger partial charge in [0, 0.05) is 29.9 Å². The van der Waals surface area contributed by atoms with Crippen LogP contribution in [-0.4, -0.2) is 19.9 Å². The van der Waals surface area contributed by atoms with Gasteiger partial charge in [0.1, 0.15) is 0 Å². The number of carbonyl (C=O) groups excluding carboxylic acids is 1. The van der Waals surface area contributed by atoms with E-state index in [0.29, 0.717) is 10.6 Å². The summed E-state index contributed by atoms with van der Waals surface area (Å²) < 4.78 is 0. The minimum atomic E-state index is 0.189. The molecule has 0 unspecified atom stereocenters. The molecule has 0 saturated carbocycles. The molecule has 0 amide bonds. The zero-order valence-corrected chi connectivity index (χ0v) is 11.0. The number of hydrogen-bond acceptors (Lipinski definition) is 2. The van der Waals surface area contributed by atoms with Gasteiger partial charge in [0.05, 0.1) is 0 Å². The summed E-state index contributed by atoms with van der Waals surface area (Å²) in [6, 6.07) is 5.39. The van der Waals surface area contributed by atoms with Crippen LogP contribution in [0, 0.1) is 5.41 Å². The average molecular weight is 240 g/mol. The number of halogens is 1. The van der Waals surface area contributed by atoms with E-state index in [1.165, 1.54) is 0 Å². The molecule has 0 radical (unpaired) electrons. The second-order valence-corrected chi connectivity index (χ2v) is 5.67. The Morgan fingerprint density at radius 2 is 2.00 bits per heavy atom. The molecular formula is C13H18ClNO. The fourth-order valence-corrected chi connectivity index (χ4v) is 1.94. The van der Waals surface area contributed by atoms with E-state index in [0.717, 1.165) is 18.5 Å². The Bertz CT molecular complexity index is 382. The Labute approximate surface area is 102 Å². The van der Waals surface area contributed by atoms with E-state index < -0.39 is 0 Å². The second-order valence-electron chi connectivity index (χ2n) is 5.24. The van der Waals surface area contributed by atoms with Gasteiger partial charge in [0.25, 0.3) is 0 Å².